The van der Waals surface area contributed by atoms with Gasteiger partial charge in [0.1, 0.15) is 34.9 Å². The van der Waals surface area contributed by atoms with E-state index in [1.165, 1.54) is 31.2 Å². The molecule has 4 aromatic rings. The molecule has 6 N–H and O–H groups in total. The summed E-state index contributed by atoms with van der Waals surface area (Å²) in [4.78, 5) is 47.7. The van der Waals surface area contributed by atoms with Crippen molar-refractivity contribution in [2.75, 3.05) is 25.0 Å². The number of rotatable bonds is 9. The van der Waals surface area contributed by atoms with Crippen molar-refractivity contribution in [1.29, 1.82) is 0 Å². The summed E-state index contributed by atoms with van der Waals surface area (Å²) in [6.45, 7) is 4.55. The van der Waals surface area contributed by atoms with Crippen LogP contribution in [-0.4, -0.2) is 58.5 Å². The number of benzene rings is 2. The van der Waals surface area contributed by atoms with Gasteiger partial charge in [0.05, 0.1) is 22.9 Å². The van der Waals surface area contributed by atoms with E-state index in [4.69, 9.17) is 10.5 Å². The maximum atomic E-state index is 13.7. The Morgan fingerprint density at radius 3 is 2.62 bits per heavy atom. The highest BCUT2D eigenvalue weighted by Crippen LogP contribution is 2.46. The number of carbonyl (C=O) groups excluding carboxylic acids is 3. The molecule has 0 spiro atoms. The molecule has 45 heavy (non-hydrogen) atoms. The molecule has 0 aliphatic carbocycles. The number of carbonyl (C=O) groups is 3. The van der Waals surface area contributed by atoms with Gasteiger partial charge in [-0.2, -0.15) is 0 Å². The quantitative estimate of drug-likeness (QED) is 0.179. The van der Waals surface area contributed by atoms with Gasteiger partial charge < -0.3 is 31.5 Å². The van der Waals surface area contributed by atoms with Gasteiger partial charge in [0.2, 0.25) is 5.91 Å². The summed E-state index contributed by atoms with van der Waals surface area (Å²) in [5.41, 5.74) is 5.75. The van der Waals surface area contributed by atoms with Crippen LogP contribution in [0.3, 0.4) is 0 Å². The number of nitrogens with zero attached hydrogens (tertiary/aromatic N) is 2. The Bertz CT molecular complexity index is 1820. The predicted molar refractivity (Wildman–Crippen MR) is 165 cm³/mol. The molecule has 2 aromatic heterocycles. The van der Waals surface area contributed by atoms with Gasteiger partial charge in [-0.05, 0) is 68.8 Å². The Hall–Kier alpha value is -4.94. The van der Waals surface area contributed by atoms with Crippen LogP contribution in [0.5, 0.6) is 5.75 Å². The van der Waals surface area contributed by atoms with Crippen LogP contribution in [0, 0.1) is 5.82 Å². The molecule has 1 fully saturated rings. The molecule has 232 valence electrons. The number of ketones is 1. The van der Waals surface area contributed by atoms with Gasteiger partial charge in [-0.15, -0.1) is 0 Å². The van der Waals surface area contributed by atoms with Gasteiger partial charge >= 0.3 is 6.03 Å². The maximum absolute atomic E-state index is 13.7. The molecular weight excluding hydrogens is 579 g/mol. The lowest BCUT2D eigenvalue weighted by molar-refractivity contribution is -0.123. The van der Waals surface area contributed by atoms with Gasteiger partial charge in [-0.1, -0.05) is 6.07 Å². The number of nitrogens with one attached hydrogen (secondary N) is 3. The van der Waals surface area contributed by atoms with E-state index in [-0.39, 0.29) is 37.0 Å². The first-order valence-corrected chi connectivity index (χ1v) is 14.6. The van der Waals surface area contributed by atoms with E-state index < -0.39 is 28.8 Å². The van der Waals surface area contributed by atoms with Crippen LogP contribution >= 0.6 is 0 Å². The van der Waals surface area contributed by atoms with Crippen LogP contribution in [0.4, 0.5) is 14.9 Å². The van der Waals surface area contributed by atoms with Crippen LogP contribution in [0.25, 0.3) is 22.2 Å². The third kappa shape index (κ3) is 5.81. The molecule has 2 aromatic carbocycles. The molecule has 12 heteroatoms. The number of hydrogen-bond donors (Lipinski definition) is 5. The number of anilines is 1. The molecule has 3 amide bonds. The standard InChI is InChI=1S/C33H33FN6O5/c1-32(30(35)42)17-45-29-23(32)14-26(40-28(29)18-5-7-21(34)8-6-18)33(2,44)10-9-25(41)20-12-19-4-3-11-37-27(19)24(13-20)39-31(43)38-22-15-36-16-22/h3-8,11-14,22,36,44H,9-10,15-17H2,1-2H3,(H2,35,42)(H2,38,39,43)/t32-,33-/m0/s1. The van der Waals surface area contributed by atoms with Crippen LogP contribution in [0.1, 0.15) is 48.3 Å². The average Bonchev–Trinajstić information content (AvgIpc) is 3.35. The zero-order valence-corrected chi connectivity index (χ0v) is 24.8. The number of aromatic nitrogens is 2. The number of fused-ring (bicyclic) bond motifs is 2. The molecule has 0 radical (unpaired) electrons. The van der Waals surface area contributed by atoms with Gasteiger partial charge in [-0.3, -0.25) is 14.6 Å². The van der Waals surface area contributed by atoms with Crippen molar-refractivity contribution in [2.24, 2.45) is 5.73 Å². The highest BCUT2D eigenvalue weighted by molar-refractivity contribution is 6.06. The monoisotopic (exact) mass is 612 g/mol. The minimum atomic E-state index is -1.61. The Morgan fingerprint density at radius 2 is 1.93 bits per heavy atom. The first-order valence-electron chi connectivity index (χ1n) is 14.6. The summed E-state index contributed by atoms with van der Waals surface area (Å²) < 4.78 is 19.6. The summed E-state index contributed by atoms with van der Waals surface area (Å²) in [6.07, 6.45) is 1.53. The van der Waals surface area contributed by atoms with E-state index in [0.717, 1.165) is 0 Å². The fourth-order valence-electron chi connectivity index (χ4n) is 5.48. The van der Waals surface area contributed by atoms with Crippen molar-refractivity contribution in [3.05, 3.63) is 83.4 Å². The largest absolute Gasteiger partial charge is 0.489 e. The molecule has 2 aliphatic heterocycles. The molecule has 0 saturated carbocycles. The molecule has 6 rings (SSSR count). The van der Waals surface area contributed by atoms with E-state index in [9.17, 15) is 23.9 Å². The predicted octanol–water partition coefficient (Wildman–Crippen LogP) is 3.54. The summed E-state index contributed by atoms with van der Waals surface area (Å²) in [5, 5.41) is 21.1. The van der Waals surface area contributed by atoms with E-state index in [1.807, 2.05) is 0 Å². The Balaban J connectivity index is 1.28. The van der Waals surface area contributed by atoms with Crippen LogP contribution < -0.4 is 26.4 Å². The Morgan fingerprint density at radius 1 is 1.18 bits per heavy atom. The number of halogens is 1. The molecule has 1 saturated heterocycles. The molecule has 0 bridgehead atoms. The number of amides is 3. The molecule has 2 aliphatic rings. The second kappa shape index (κ2) is 11.5. The number of pyridine rings is 2. The number of primary amides is 1. The van der Waals surface area contributed by atoms with Crippen molar-refractivity contribution in [3.8, 4) is 17.0 Å². The van der Waals surface area contributed by atoms with Crippen LogP contribution in [0.2, 0.25) is 0 Å². The fourth-order valence-corrected chi connectivity index (χ4v) is 5.48. The Kier molecular flexibility index (Phi) is 7.71. The minimum Gasteiger partial charge on any atom is -0.489 e. The summed E-state index contributed by atoms with van der Waals surface area (Å²) in [5.74, 6) is -0.968. The zero-order valence-electron chi connectivity index (χ0n) is 24.8. The van der Waals surface area contributed by atoms with Crippen molar-refractivity contribution in [3.63, 3.8) is 0 Å². The third-order valence-electron chi connectivity index (χ3n) is 8.52. The second-order valence-electron chi connectivity index (χ2n) is 12.0. The zero-order chi connectivity index (χ0) is 31.9. The second-order valence-corrected chi connectivity index (χ2v) is 12.0. The lowest BCUT2D eigenvalue weighted by Crippen LogP contribution is -2.57. The summed E-state index contributed by atoms with van der Waals surface area (Å²) in [7, 11) is 0. The number of aliphatic hydroxyl groups is 1. The van der Waals surface area contributed by atoms with Gasteiger partial charge in [-0.25, -0.2) is 14.2 Å². The molecule has 11 nitrogen and oxygen atoms in total. The first-order chi connectivity index (χ1) is 21.4. The van der Waals surface area contributed by atoms with E-state index in [1.54, 1.807) is 43.5 Å². The number of urea groups is 1. The maximum Gasteiger partial charge on any atom is 0.319 e. The first kappa shape index (κ1) is 30.1. The van der Waals surface area contributed by atoms with E-state index in [0.29, 0.717) is 57.8 Å². The smallest absolute Gasteiger partial charge is 0.319 e. The molecular formula is C33H33FN6O5. The summed E-state index contributed by atoms with van der Waals surface area (Å²) >= 11 is 0. The Labute approximate surface area is 258 Å². The SMILES string of the molecule is C[C@](O)(CCC(=O)c1cc(NC(=O)NC2CNC2)c2ncccc2c1)c1cc2c(c(-c3ccc(F)cc3)n1)OC[C@]2(C)C(N)=O. The highest BCUT2D eigenvalue weighted by Gasteiger charge is 2.45. The topological polar surface area (TPSA) is 169 Å². The normalized spacial score (nSPS) is 18.8. The van der Waals surface area contributed by atoms with Gasteiger partial charge in [0, 0.05) is 47.8 Å². The van der Waals surface area contributed by atoms with Crippen molar-refractivity contribution in [2.45, 2.75) is 43.7 Å². The van der Waals surface area contributed by atoms with E-state index in [2.05, 4.69) is 25.9 Å². The molecule has 2 atom stereocenters. The van der Waals surface area contributed by atoms with E-state index >= 15 is 0 Å². The number of hydrogen-bond acceptors (Lipinski definition) is 8. The summed E-state index contributed by atoms with van der Waals surface area (Å²) in [6, 6.07) is 13.7. The molecule has 4 heterocycles. The van der Waals surface area contributed by atoms with Gasteiger partial charge in [0.15, 0.2) is 5.78 Å². The van der Waals surface area contributed by atoms with Crippen molar-refractivity contribution < 1.29 is 28.6 Å². The lowest BCUT2D eigenvalue weighted by Gasteiger charge is -2.28. The lowest BCUT2D eigenvalue weighted by atomic mass is 9.81. The van der Waals surface area contributed by atoms with Crippen molar-refractivity contribution in [1.82, 2.24) is 20.6 Å². The fraction of sp³-hybridized carbons (Fsp3) is 0.303. The third-order valence-corrected chi connectivity index (χ3v) is 8.52. The number of nitrogens with two attached hydrogens (primary N) is 1. The number of ether oxygens (including phenoxy) is 1. The average molecular weight is 613 g/mol. The molecule has 0 unspecified atom stereocenters. The minimum absolute atomic E-state index is 0.0135. The number of Topliss-reactive ketones (excluding diaryl/α,β-unsaturated/α-hetero) is 1. The van der Waals surface area contributed by atoms with Gasteiger partial charge in [0.25, 0.3) is 0 Å². The van der Waals surface area contributed by atoms with Crippen LogP contribution in [-0.2, 0) is 15.8 Å². The highest BCUT2D eigenvalue weighted by atomic mass is 19.1. The van der Waals surface area contributed by atoms with Crippen molar-refractivity contribution >= 4 is 34.3 Å². The van der Waals surface area contributed by atoms with Crippen LogP contribution in [0.15, 0.2) is 60.8 Å².